The summed E-state index contributed by atoms with van der Waals surface area (Å²) in [6.07, 6.45) is 4.24. The minimum absolute atomic E-state index is 0.00306. The Bertz CT molecular complexity index is 1870. The van der Waals surface area contributed by atoms with Crippen LogP contribution in [0.3, 0.4) is 0 Å². The second-order valence-electron chi connectivity index (χ2n) is 9.85. The fourth-order valence-corrected chi connectivity index (χ4v) is 5.44. The maximum absolute atomic E-state index is 13.3. The van der Waals surface area contributed by atoms with Crippen molar-refractivity contribution in [3.8, 4) is 10.6 Å². The van der Waals surface area contributed by atoms with Crippen LogP contribution < -0.4 is 10.6 Å². The molecule has 4 aromatic heterocycles. The molecule has 1 amide bonds. The predicted molar refractivity (Wildman–Crippen MR) is 164 cm³/mol. The minimum atomic E-state index is -0.261. The quantitative estimate of drug-likeness (QED) is 0.178. The molecule has 6 aromatic rings. The normalized spacial score (nSPS) is 11.1. The zero-order valence-corrected chi connectivity index (χ0v) is 23.9. The number of anilines is 2. The Balaban J connectivity index is 1.25. The monoisotopic (exact) mass is 576 g/mol. The van der Waals surface area contributed by atoms with Crippen molar-refractivity contribution in [3.63, 3.8) is 0 Å². The second-order valence-corrected chi connectivity index (χ2v) is 10.9. The molecule has 2 aromatic carbocycles. The van der Waals surface area contributed by atoms with Gasteiger partial charge in [0.15, 0.2) is 17.4 Å². The molecule has 10 heteroatoms. The lowest BCUT2D eigenvalue weighted by Gasteiger charge is -2.10. The summed E-state index contributed by atoms with van der Waals surface area (Å²) < 4.78 is 7.61. The largest absolute Gasteiger partial charge is 0.440 e. The van der Waals surface area contributed by atoms with Gasteiger partial charge < -0.3 is 14.3 Å². The Kier molecular flexibility index (Phi) is 7.61. The van der Waals surface area contributed by atoms with Crippen molar-refractivity contribution in [2.24, 2.45) is 0 Å². The first-order valence-electron chi connectivity index (χ1n) is 13.5. The van der Waals surface area contributed by atoms with Crippen molar-refractivity contribution >= 4 is 45.7 Å². The average molecular weight is 577 g/mol. The van der Waals surface area contributed by atoms with Crippen LogP contribution in [0.2, 0.25) is 0 Å². The van der Waals surface area contributed by atoms with E-state index in [-0.39, 0.29) is 18.2 Å². The second kappa shape index (κ2) is 11.8. The van der Waals surface area contributed by atoms with E-state index >= 15 is 0 Å². The number of thiophene rings is 1. The topological polar surface area (TPSA) is 115 Å². The lowest BCUT2D eigenvalue weighted by atomic mass is 10.1. The molecule has 0 radical (unpaired) electrons. The van der Waals surface area contributed by atoms with E-state index in [1.165, 1.54) is 11.3 Å². The molecule has 6 rings (SSSR count). The summed E-state index contributed by atoms with van der Waals surface area (Å²) in [6.45, 7) is 4.48. The van der Waals surface area contributed by atoms with E-state index in [0.717, 1.165) is 27.3 Å². The third kappa shape index (κ3) is 5.98. The van der Waals surface area contributed by atoms with Crippen molar-refractivity contribution < 1.29 is 14.0 Å². The molecule has 0 saturated carbocycles. The standard InChI is InChI=1S/C32H28N6O3S/c1-20-8-9-22(17-33-20)14-15-38-26-11-10-24(35-18-27(39)23-6-4-3-5-7-23)16-25(26)36-32(38)37-31(40)30-13-12-29(42-30)28-19-34-21(2)41-28/h3-13,16-17,19,35H,14-15,18H2,1-2H3,(H,36,37,40). The van der Waals surface area contributed by atoms with Gasteiger partial charge in [0.2, 0.25) is 5.95 Å². The van der Waals surface area contributed by atoms with Gasteiger partial charge in [0.1, 0.15) is 0 Å². The van der Waals surface area contributed by atoms with Gasteiger partial charge in [0.05, 0.1) is 33.5 Å². The van der Waals surface area contributed by atoms with Gasteiger partial charge in [0.25, 0.3) is 5.91 Å². The van der Waals surface area contributed by atoms with Crippen LogP contribution in [-0.4, -0.2) is 37.8 Å². The molecule has 0 aliphatic rings. The number of carbonyl (C=O) groups excluding carboxylic acids is 2. The van der Waals surface area contributed by atoms with Crippen molar-refractivity contribution in [3.05, 3.63) is 113 Å². The molecule has 42 heavy (non-hydrogen) atoms. The number of fused-ring (bicyclic) bond motifs is 1. The van der Waals surface area contributed by atoms with Gasteiger partial charge >= 0.3 is 0 Å². The number of aromatic nitrogens is 4. The molecule has 0 bridgehead atoms. The van der Waals surface area contributed by atoms with Crippen LogP contribution in [0.25, 0.3) is 21.7 Å². The number of hydrogen-bond donors (Lipinski definition) is 2. The first-order chi connectivity index (χ1) is 20.4. The molecular formula is C32H28N6O3S. The summed E-state index contributed by atoms with van der Waals surface area (Å²) in [5, 5.41) is 6.22. The highest BCUT2D eigenvalue weighted by molar-refractivity contribution is 7.17. The molecule has 2 N–H and O–H groups in total. The Morgan fingerprint density at radius 2 is 1.81 bits per heavy atom. The number of benzene rings is 2. The number of nitrogens with one attached hydrogen (secondary N) is 2. The number of Topliss-reactive ketones (excluding diaryl/α,β-unsaturated/α-hetero) is 1. The number of oxazole rings is 1. The van der Waals surface area contributed by atoms with Crippen LogP contribution in [0.1, 0.15) is 37.2 Å². The third-order valence-electron chi connectivity index (χ3n) is 6.81. The van der Waals surface area contributed by atoms with E-state index in [9.17, 15) is 9.59 Å². The molecule has 4 heterocycles. The van der Waals surface area contributed by atoms with Crippen LogP contribution >= 0.6 is 11.3 Å². The van der Waals surface area contributed by atoms with Crippen LogP contribution in [0.15, 0.2) is 89.6 Å². The average Bonchev–Trinajstić information content (AvgIpc) is 3.74. The van der Waals surface area contributed by atoms with Gasteiger partial charge in [-0.15, -0.1) is 11.3 Å². The predicted octanol–water partition coefficient (Wildman–Crippen LogP) is 6.55. The molecule has 0 unspecified atom stereocenters. The van der Waals surface area contributed by atoms with Crippen LogP contribution in [-0.2, 0) is 13.0 Å². The summed E-state index contributed by atoms with van der Waals surface area (Å²) in [5.74, 6) is 1.37. The Morgan fingerprint density at radius 1 is 0.952 bits per heavy atom. The zero-order valence-electron chi connectivity index (χ0n) is 23.1. The number of pyridine rings is 1. The molecular weight excluding hydrogens is 548 g/mol. The van der Waals surface area contributed by atoms with Crippen molar-refractivity contribution in [1.82, 2.24) is 19.5 Å². The number of carbonyl (C=O) groups is 2. The van der Waals surface area contributed by atoms with Crippen molar-refractivity contribution in [1.29, 1.82) is 0 Å². The summed E-state index contributed by atoms with van der Waals surface area (Å²) in [5.41, 5.74) is 5.04. The molecule has 0 aliphatic carbocycles. The lowest BCUT2D eigenvalue weighted by Crippen LogP contribution is -2.15. The smallest absolute Gasteiger partial charge is 0.268 e. The first-order valence-corrected chi connectivity index (χ1v) is 14.3. The SMILES string of the molecule is Cc1ccc(CCn2c(NC(=O)c3ccc(-c4cnc(C)o4)s3)nc3cc(NCC(=O)c4ccccc4)ccc32)cn1. The van der Waals surface area contributed by atoms with E-state index in [2.05, 4.69) is 26.7 Å². The summed E-state index contributed by atoms with van der Waals surface area (Å²) >= 11 is 1.33. The molecule has 0 atom stereocenters. The summed E-state index contributed by atoms with van der Waals surface area (Å²) in [4.78, 5) is 40.6. The van der Waals surface area contributed by atoms with E-state index in [1.807, 2.05) is 66.2 Å². The van der Waals surface area contributed by atoms with E-state index in [4.69, 9.17) is 9.40 Å². The number of rotatable bonds is 10. The number of hydrogen-bond acceptors (Lipinski definition) is 8. The highest BCUT2D eigenvalue weighted by Gasteiger charge is 2.18. The van der Waals surface area contributed by atoms with Gasteiger partial charge in [-0.3, -0.25) is 19.9 Å². The van der Waals surface area contributed by atoms with Crippen molar-refractivity contribution in [2.75, 3.05) is 17.2 Å². The molecule has 0 fully saturated rings. The van der Waals surface area contributed by atoms with Crippen LogP contribution in [0.4, 0.5) is 11.6 Å². The Morgan fingerprint density at radius 3 is 2.57 bits per heavy atom. The highest BCUT2D eigenvalue weighted by Crippen LogP contribution is 2.30. The Hall–Kier alpha value is -5.09. The van der Waals surface area contributed by atoms with Gasteiger partial charge in [-0.05, 0) is 55.3 Å². The number of amides is 1. The fourth-order valence-electron chi connectivity index (χ4n) is 4.59. The van der Waals surface area contributed by atoms with E-state index < -0.39 is 0 Å². The first kappa shape index (κ1) is 27.1. The minimum Gasteiger partial charge on any atom is -0.440 e. The summed E-state index contributed by atoms with van der Waals surface area (Å²) in [6, 6.07) is 22.6. The highest BCUT2D eigenvalue weighted by atomic mass is 32.1. The third-order valence-corrected chi connectivity index (χ3v) is 7.91. The van der Waals surface area contributed by atoms with E-state index in [0.29, 0.717) is 46.5 Å². The van der Waals surface area contributed by atoms with Gasteiger partial charge in [-0.2, -0.15) is 0 Å². The van der Waals surface area contributed by atoms with Gasteiger partial charge in [0, 0.05) is 36.6 Å². The number of aryl methyl sites for hydroxylation is 4. The zero-order chi connectivity index (χ0) is 29.1. The molecule has 0 spiro atoms. The van der Waals surface area contributed by atoms with Crippen molar-refractivity contribution in [2.45, 2.75) is 26.8 Å². The van der Waals surface area contributed by atoms with Gasteiger partial charge in [-0.1, -0.05) is 36.4 Å². The van der Waals surface area contributed by atoms with Crippen LogP contribution in [0.5, 0.6) is 0 Å². The molecule has 0 aliphatic heterocycles. The summed E-state index contributed by atoms with van der Waals surface area (Å²) in [7, 11) is 0. The number of nitrogens with zero attached hydrogens (tertiary/aromatic N) is 4. The maximum Gasteiger partial charge on any atom is 0.268 e. The molecule has 0 saturated heterocycles. The maximum atomic E-state index is 13.3. The van der Waals surface area contributed by atoms with E-state index in [1.54, 1.807) is 31.3 Å². The number of imidazole rings is 1. The lowest BCUT2D eigenvalue weighted by molar-refractivity contribution is 0.100. The number of ketones is 1. The van der Waals surface area contributed by atoms with Gasteiger partial charge in [-0.25, -0.2) is 9.97 Å². The molecule has 210 valence electrons. The van der Waals surface area contributed by atoms with Crippen LogP contribution in [0, 0.1) is 13.8 Å². The Labute approximate surface area is 246 Å². The fraction of sp³-hybridized carbons (Fsp3) is 0.156. The molecule has 9 nitrogen and oxygen atoms in total.